The molecule has 0 aliphatic carbocycles. The van der Waals surface area contributed by atoms with Gasteiger partial charge in [0.25, 0.3) is 0 Å². The highest BCUT2D eigenvalue weighted by Crippen LogP contribution is 2.24. The summed E-state index contributed by atoms with van der Waals surface area (Å²) in [6.07, 6.45) is 1.43. The Morgan fingerprint density at radius 1 is 1.33 bits per heavy atom. The van der Waals surface area contributed by atoms with Gasteiger partial charge in [0.05, 0.1) is 6.04 Å². The second-order valence-corrected chi connectivity index (χ2v) is 4.52. The monoisotopic (exact) mass is 247 g/mol. The largest absolute Gasteiger partial charge is 0.444 e. The van der Waals surface area contributed by atoms with Crippen LogP contribution in [-0.2, 0) is 16.1 Å². The molecule has 0 bridgehead atoms. The van der Waals surface area contributed by atoms with Gasteiger partial charge in [0.15, 0.2) is 0 Å². The Hall–Kier alpha value is -1.84. The number of rotatable bonds is 5. The van der Waals surface area contributed by atoms with Gasteiger partial charge in [-0.15, -0.1) is 0 Å². The molecule has 0 aromatic heterocycles. The lowest BCUT2D eigenvalue weighted by atomic mass is 10.1. The third-order valence-corrected chi connectivity index (χ3v) is 3.28. The molecule has 1 saturated heterocycles. The van der Waals surface area contributed by atoms with Gasteiger partial charge in [0.1, 0.15) is 12.4 Å². The molecule has 2 atom stereocenters. The van der Waals surface area contributed by atoms with Gasteiger partial charge in [-0.05, 0) is 18.9 Å². The first kappa shape index (κ1) is 12.6. The van der Waals surface area contributed by atoms with Crippen molar-refractivity contribution in [2.75, 3.05) is 0 Å². The average molecular weight is 247 g/mol. The molecule has 18 heavy (non-hydrogen) atoms. The predicted molar refractivity (Wildman–Crippen MR) is 67.0 cm³/mol. The molecular weight excluding hydrogens is 230 g/mol. The minimum atomic E-state index is -0.290. The van der Waals surface area contributed by atoms with Crippen LogP contribution in [-0.4, -0.2) is 29.4 Å². The number of amides is 1. The molecule has 0 radical (unpaired) electrons. The zero-order valence-electron chi connectivity index (χ0n) is 10.4. The summed E-state index contributed by atoms with van der Waals surface area (Å²) in [4.78, 5) is 23.9. The number of benzene rings is 1. The molecule has 1 amide bonds. The smallest absolute Gasteiger partial charge is 0.410 e. The highest BCUT2D eigenvalue weighted by Gasteiger charge is 2.37. The number of hydrogen-bond acceptors (Lipinski definition) is 3. The van der Waals surface area contributed by atoms with Gasteiger partial charge < -0.3 is 9.53 Å². The molecule has 0 saturated carbocycles. The maximum Gasteiger partial charge on any atom is 0.410 e. The Balaban J connectivity index is 2.00. The molecule has 1 aromatic rings. The zero-order valence-corrected chi connectivity index (χ0v) is 10.4. The van der Waals surface area contributed by atoms with Crippen LogP contribution in [0.2, 0.25) is 0 Å². The number of ether oxygens (including phenoxy) is 1. The second-order valence-electron chi connectivity index (χ2n) is 4.52. The van der Waals surface area contributed by atoms with Crippen molar-refractivity contribution in [2.45, 2.75) is 38.5 Å². The molecule has 0 spiro atoms. The minimum Gasteiger partial charge on any atom is -0.444 e. The lowest BCUT2D eigenvalue weighted by molar-refractivity contribution is -0.108. The molecule has 2 rings (SSSR count). The summed E-state index contributed by atoms with van der Waals surface area (Å²) in [5.41, 5.74) is 1.08. The fourth-order valence-electron chi connectivity index (χ4n) is 2.18. The SMILES string of the molecule is C[C@@H]1[C@@H](CCC=O)OC(=O)N1Cc1ccccc1. The first-order valence-corrected chi connectivity index (χ1v) is 6.17. The molecule has 1 aliphatic rings. The van der Waals surface area contributed by atoms with Crippen LogP contribution in [0.5, 0.6) is 0 Å². The van der Waals surface area contributed by atoms with Crippen molar-refractivity contribution in [1.29, 1.82) is 0 Å². The van der Waals surface area contributed by atoms with E-state index in [4.69, 9.17) is 4.74 Å². The van der Waals surface area contributed by atoms with E-state index in [1.54, 1.807) is 4.90 Å². The van der Waals surface area contributed by atoms with E-state index >= 15 is 0 Å². The third kappa shape index (κ3) is 2.70. The van der Waals surface area contributed by atoms with E-state index in [-0.39, 0.29) is 18.2 Å². The molecule has 96 valence electrons. The molecule has 0 unspecified atom stereocenters. The van der Waals surface area contributed by atoms with Crippen LogP contribution in [0.3, 0.4) is 0 Å². The standard InChI is InChI=1S/C14H17NO3/c1-11-13(8-5-9-16)18-14(17)15(11)10-12-6-3-2-4-7-12/h2-4,6-7,9,11,13H,5,8,10H2,1H3/t11-,13-/m1/s1. The second kappa shape index (κ2) is 5.67. The number of cyclic esters (lactones) is 1. The van der Waals surface area contributed by atoms with Crippen LogP contribution in [0.15, 0.2) is 30.3 Å². The summed E-state index contributed by atoms with van der Waals surface area (Å²) in [5.74, 6) is 0. The Labute approximate surface area is 107 Å². The summed E-state index contributed by atoms with van der Waals surface area (Å²) < 4.78 is 5.29. The quantitative estimate of drug-likeness (QED) is 0.750. The van der Waals surface area contributed by atoms with Crippen molar-refractivity contribution in [1.82, 2.24) is 4.90 Å². The Morgan fingerprint density at radius 3 is 2.72 bits per heavy atom. The maximum absolute atomic E-state index is 11.8. The fourth-order valence-corrected chi connectivity index (χ4v) is 2.18. The molecule has 0 N–H and O–H groups in total. The van der Waals surface area contributed by atoms with Crippen LogP contribution in [0.25, 0.3) is 0 Å². The van der Waals surface area contributed by atoms with E-state index in [2.05, 4.69) is 0 Å². The number of aldehydes is 1. The predicted octanol–water partition coefficient (Wildman–Crippen LogP) is 2.38. The topological polar surface area (TPSA) is 46.6 Å². The van der Waals surface area contributed by atoms with Crippen LogP contribution < -0.4 is 0 Å². The van der Waals surface area contributed by atoms with Crippen molar-refractivity contribution in [2.24, 2.45) is 0 Å². The van der Waals surface area contributed by atoms with Crippen molar-refractivity contribution in [3.05, 3.63) is 35.9 Å². The van der Waals surface area contributed by atoms with Crippen LogP contribution in [0, 0.1) is 0 Å². The van der Waals surface area contributed by atoms with E-state index in [9.17, 15) is 9.59 Å². The highest BCUT2D eigenvalue weighted by molar-refractivity contribution is 5.70. The van der Waals surface area contributed by atoms with Crippen molar-refractivity contribution >= 4 is 12.4 Å². The van der Waals surface area contributed by atoms with Crippen LogP contribution in [0.4, 0.5) is 4.79 Å². The summed E-state index contributed by atoms with van der Waals surface area (Å²) in [6.45, 7) is 2.52. The highest BCUT2D eigenvalue weighted by atomic mass is 16.6. The minimum absolute atomic E-state index is 0.0117. The Kier molecular flexibility index (Phi) is 3.97. The maximum atomic E-state index is 11.8. The summed E-state index contributed by atoms with van der Waals surface area (Å²) in [6, 6.07) is 9.83. The van der Waals surface area contributed by atoms with E-state index in [0.29, 0.717) is 19.4 Å². The van der Waals surface area contributed by atoms with Gasteiger partial charge in [-0.25, -0.2) is 4.79 Å². The van der Waals surface area contributed by atoms with Gasteiger partial charge >= 0.3 is 6.09 Å². The van der Waals surface area contributed by atoms with Gasteiger partial charge in [0, 0.05) is 13.0 Å². The van der Waals surface area contributed by atoms with Crippen LogP contribution >= 0.6 is 0 Å². The van der Waals surface area contributed by atoms with Crippen molar-refractivity contribution < 1.29 is 14.3 Å². The Bertz CT molecular complexity index is 418. The van der Waals surface area contributed by atoms with E-state index < -0.39 is 0 Å². The molecular formula is C14H17NO3. The molecule has 4 heteroatoms. The van der Waals surface area contributed by atoms with Crippen LogP contribution in [0.1, 0.15) is 25.3 Å². The summed E-state index contributed by atoms with van der Waals surface area (Å²) >= 11 is 0. The van der Waals surface area contributed by atoms with Gasteiger partial charge in [0.2, 0.25) is 0 Å². The van der Waals surface area contributed by atoms with Crippen molar-refractivity contribution in [3.8, 4) is 0 Å². The Morgan fingerprint density at radius 2 is 2.06 bits per heavy atom. The normalized spacial score (nSPS) is 22.9. The first-order valence-electron chi connectivity index (χ1n) is 6.17. The van der Waals surface area contributed by atoms with E-state index in [1.807, 2.05) is 37.3 Å². The molecule has 1 heterocycles. The number of nitrogens with zero attached hydrogens (tertiary/aromatic N) is 1. The third-order valence-electron chi connectivity index (χ3n) is 3.28. The lowest BCUT2D eigenvalue weighted by Gasteiger charge is -2.20. The number of carbonyl (C=O) groups excluding carboxylic acids is 2. The molecule has 1 fully saturated rings. The zero-order chi connectivity index (χ0) is 13.0. The van der Waals surface area contributed by atoms with Gasteiger partial charge in [-0.2, -0.15) is 0 Å². The van der Waals surface area contributed by atoms with Crippen molar-refractivity contribution in [3.63, 3.8) is 0 Å². The van der Waals surface area contributed by atoms with E-state index in [0.717, 1.165) is 11.8 Å². The van der Waals surface area contributed by atoms with Gasteiger partial charge in [-0.1, -0.05) is 30.3 Å². The van der Waals surface area contributed by atoms with E-state index in [1.165, 1.54) is 0 Å². The lowest BCUT2D eigenvalue weighted by Crippen LogP contribution is -2.33. The molecule has 1 aromatic carbocycles. The first-order chi connectivity index (χ1) is 8.72. The number of carbonyl (C=O) groups is 2. The fraction of sp³-hybridized carbons (Fsp3) is 0.429. The summed E-state index contributed by atoms with van der Waals surface area (Å²) in [7, 11) is 0. The summed E-state index contributed by atoms with van der Waals surface area (Å²) in [5, 5.41) is 0. The molecule has 4 nitrogen and oxygen atoms in total. The average Bonchev–Trinajstić information content (AvgIpc) is 2.65. The molecule has 1 aliphatic heterocycles. The number of hydrogen-bond donors (Lipinski definition) is 0. The van der Waals surface area contributed by atoms with Gasteiger partial charge in [-0.3, -0.25) is 4.90 Å².